The van der Waals surface area contributed by atoms with Crippen LogP contribution >= 0.6 is 11.3 Å². The van der Waals surface area contributed by atoms with E-state index in [0.717, 1.165) is 0 Å². The average molecular weight is 186 g/mol. The summed E-state index contributed by atoms with van der Waals surface area (Å²) in [6.07, 6.45) is 0. The third-order valence-corrected chi connectivity index (χ3v) is 1.78. The molecule has 0 aromatic carbocycles. The lowest BCUT2D eigenvalue weighted by atomic mass is 10.3. The molecular weight excluding hydrogens is 176 g/mol. The maximum absolute atomic E-state index is 11.1. The summed E-state index contributed by atoms with van der Waals surface area (Å²) in [6, 6.07) is 1.65. The molecule has 0 bridgehead atoms. The molecule has 0 saturated heterocycles. The average Bonchev–Trinajstić information content (AvgIpc) is 2.32. The van der Waals surface area contributed by atoms with Gasteiger partial charge in [-0.2, -0.15) is 11.3 Å². The van der Waals surface area contributed by atoms with Crippen LogP contribution in [0.4, 0.5) is 0 Å². The molecule has 1 rings (SSSR count). The molecule has 0 unspecified atom stereocenters. The zero-order chi connectivity index (χ0) is 9.19. The predicted molar refractivity (Wildman–Crippen MR) is 46.0 cm³/mol. The number of carbonyl (C=O) groups is 1. The number of hydrogen-bond acceptors (Lipinski definition) is 4. The van der Waals surface area contributed by atoms with E-state index in [1.54, 1.807) is 16.8 Å². The molecule has 0 radical (unpaired) electrons. The van der Waals surface area contributed by atoms with Crippen LogP contribution < -0.4 is 0 Å². The van der Waals surface area contributed by atoms with Crippen molar-refractivity contribution in [2.75, 3.05) is 0 Å². The fourth-order valence-corrected chi connectivity index (χ4v) is 1.29. The van der Waals surface area contributed by atoms with E-state index in [1.165, 1.54) is 25.2 Å². The molecule has 0 aliphatic carbocycles. The third-order valence-electron chi connectivity index (χ3n) is 1.10. The summed E-state index contributed by atoms with van der Waals surface area (Å²) < 4.78 is 4.71. The summed E-state index contributed by atoms with van der Waals surface area (Å²) in [7, 11) is 0. The molecule has 3 nitrogen and oxygen atoms in total. The number of hydrogen-bond donors (Lipinski definition) is 1. The van der Waals surface area contributed by atoms with Crippen molar-refractivity contribution >= 4 is 17.3 Å². The highest BCUT2D eigenvalue weighted by atomic mass is 32.1. The lowest BCUT2D eigenvalue weighted by Crippen LogP contribution is -2.26. The van der Waals surface area contributed by atoms with Crippen molar-refractivity contribution in [3.05, 3.63) is 22.4 Å². The van der Waals surface area contributed by atoms with Crippen LogP contribution in [0.2, 0.25) is 0 Å². The number of rotatable bonds is 2. The van der Waals surface area contributed by atoms with E-state index in [1.807, 2.05) is 0 Å². The Morgan fingerprint density at radius 1 is 1.67 bits per heavy atom. The minimum Gasteiger partial charge on any atom is -0.430 e. The van der Waals surface area contributed by atoms with Crippen molar-refractivity contribution in [1.29, 1.82) is 0 Å². The maximum Gasteiger partial charge on any atom is 0.341 e. The van der Waals surface area contributed by atoms with Crippen molar-refractivity contribution in [2.45, 2.75) is 19.6 Å². The van der Waals surface area contributed by atoms with Crippen LogP contribution in [-0.2, 0) is 4.74 Å². The number of esters is 1. The van der Waals surface area contributed by atoms with E-state index in [4.69, 9.17) is 9.84 Å². The zero-order valence-electron chi connectivity index (χ0n) is 6.90. The van der Waals surface area contributed by atoms with E-state index < -0.39 is 11.8 Å². The number of aliphatic hydroxyl groups is 1. The Hall–Kier alpha value is -0.870. The van der Waals surface area contributed by atoms with Crippen molar-refractivity contribution in [1.82, 2.24) is 0 Å². The van der Waals surface area contributed by atoms with Crippen molar-refractivity contribution in [2.24, 2.45) is 0 Å². The first-order chi connectivity index (χ1) is 5.49. The second kappa shape index (κ2) is 3.25. The summed E-state index contributed by atoms with van der Waals surface area (Å²) >= 11 is 1.41. The van der Waals surface area contributed by atoms with Crippen molar-refractivity contribution in [3.8, 4) is 0 Å². The van der Waals surface area contributed by atoms with E-state index in [0.29, 0.717) is 5.56 Å². The molecular formula is C8H10O3S. The van der Waals surface area contributed by atoms with Gasteiger partial charge in [0.15, 0.2) is 0 Å². The Morgan fingerprint density at radius 2 is 2.33 bits per heavy atom. The summed E-state index contributed by atoms with van der Waals surface area (Å²) in [6.45, 7) is 2.83. The van der Waals surface area contributed by atoms with Crippen LogP contribution in [0.3, 0.4) is 0 Å². The number of carbonyl (C=O) groups excluding carboxylic acids is 1. The Bertz CT molecular complexity index is 258. The second-order valence-electron chi connectivity index (χ2n) is 2.85. The Labute approximate surface area is 74.6 Å². The van der Waals surface area contributed by atoms with Crippen LogP contribution in [0, 0.1) is 0 Å². The maximum atomic E-state index is 11.1. The molecule has 1 heterocycles. The van der Waals surface area contributed by atoms with Crippen LogP contribution in [-0.4, -0.2) is 16.9 Å². The summed E-state index contributed by atoms with van der Waals surface area (Å²) in [5.74, 6) is -1.90. The van der Waals surface area contributed by atoms with Gasteiger partial charge >= 0.3 is 5.97 Å². The standard InChI is InChI=1S/C8H10O3S/c1-8(2,10)11-7(9)6-3-4-12-5-6/h3-5,10H,1-2H3. The van der Waals surface area contributed by atoms with Crippen LogP contribution in [0.1, 0.15) is 24.2 Å². The van der Waals surface area contributed by atoms with Gasteiger partial charge in [-0.25, -0.2) is 4.79 Å². The highest BCUT2D eigenvalue weighted by Crippen LogP contribution is 2.12. The summed E-state index contributed by atoms with van der Waals surface area (Å²) in [5.41, 5.74) is 0.474. The molecule has 0 atom stereocenters. The van der Waals surface area contributed by atoms with Crippen molar-refractivity contribution < 1.29 is 14.6 Å². The molecule has 1 aromatic heterocycles. The van der Waals surface area contributed by atoms with E-state index in [-0.39, 0.29) is 0 Å². The summed E-state index contributed by atoms with van der Waals surface area (Å²) in [5, 5.41) is 12.6. The second-order valence-corrected chi connectivity index (χ2v) is 3.63. The highest BCUT2D eigenvalue weighted by Gasteiger charge is 2.19. The third kappa shape index (κ3) is 2.64. The van der Waals surface area contributed by atoms with Gasteiger partial charge in [0.1, 0.15) is 0 Å². The largest absolute Gasteiger partial charge is 0.430 e. The molecule has 4 heteroatoms. The molecule has 1 N–H and O–H groups in total. The van der Waals surface area contributed by atoms with Crippen LogP contribution in [0.15, 0.2) is 16.8 Å². The molecule has 66 valence electrons. The first-order valence-electron chi connectivity index (χ1n) is 3.47. The first-order valence-corrected chi connectivity index (χ1v) is 4.41. The van der Waals surface area contributed by atoms with Crippen molar-refractivity contribution in [3.63, 3.8) is 0 Å². The van der Waals surface area contributed by atoms with E-state index in [9.17, 15) is 4.79 Å². The Kier molecular flexibility index (Phi) is 2.49. The minimum absolute atomic E-state index is 0.474. The van der Waals surface area contributed by atoms with E-state index in [2.05, 4.69) is 0 Å². The molecule has 1 aromatic rings. The van der Waals surface area contributed by atoms with E-state index >= 15 is 0 Å². The van der Waals surface area contributed by atoms with Gasteiger partial charge in [-0.3, -0.25) is 0 Å². The molecule has 0 spiro atoms. The molecule has 0 fully saturated rings. The molecule has 0 amide bonds. The van der Waals surface area contributed by atoms with Crippen LogP contribution in [0.25, 0.3) is 0 Å². The van der Waals surface area contributed by atoms with Gasteiger partial charge in [-0.05, 0) is 11.4 Å². The topological polar surface area (TPSA) is 46.5 Å². The fraction of sp³-hybridized carbons (Fsp3) is 0.375. The molecule has 0 aliphatic rings. The fourth-order valence-electron chi connectivity index (χ4n) is 0.666. The minimum atomic E-state index is -1.40. The number of ether oxygens (including phenoxy) is 1. The lowest BCUT2D eigenvalue weighted by Gasteiger charge is -2.17. The molecule has 12 heavy (non-hydrogen) atoms. The highest BCUT2D eigenvalue weighted by molar-refractivity contribution is 7.08. The Morgan fingerprint density at radius 3 is 2.75 bits per heavy atom. The Balaban J connectivity index is 2.63. The van der Waals surface area contributed by atoms with Gasteiger partial charge in [0.2, 0.25) is 5.79 Å². The first kappa shape index (κ1) is 9.22. The molecule has 0 aliphatic heterocycles. The SMILES string of the molecule is CC(C)(O)OC(=O)c1ccsc1. The predicted octanol–water partition coefficient (Wildman–Crippen LogP) is 1.63. The van der Waals surface area contributed by atoms with Crippen LogP contribution in [0.5, 0.6) is 0 Å². The van der Waals surface area contributed by atoms with Gasteiger partial charge in [0.05, 0.1) is 5.56 Å². The summed E-state index contributed by atoms with van der Waals surface area (Å²) in [4.78, 5) is 11.1. The van der Waals surface area contributed by atoms with Gasteiger partial charge in [0, 0.05) is 19.2 Å². The smallest absolute Gasteiger partial charge is 0.341 e. The van der Waals surface area contributed by atoms with Gasteiger partial charge < -0.3 is 9.84 Å². The quantitative estimate of drug-likeness (QED) is 0.564. The van der Waals surface area contributed by atoms with Gasteiger partial charge in [0.25, 0.3) is 0 Å². The molecule has 0 saturated carbocycles. The van der Waals surface area contributed by atoms with Gasteiger partial charge in [-0.15, -0.1) is 0 Å². The van der Waals surface area contributed by atoms with Gasteiger partial charge in [-0.1, -0.05) is 0 Å². The monoisotopic (exact) mass is 186 g/mol. The normalized spacial score (nSPS) is 11.2. The zero-order valence-corrected chi connectivity index (χ0v) is 7.72. The number of thiophene rings is 1. The lowest BCUT2D eigenvalue weighted by molar-refractivity contribution is -0.136.